The van der Waals surface area contributed by atoms with Gasteiger partial charge in [0.2, 0.25) is 0 Å². The van der Waals surface area contributed by atoms with E-state index in [4.69, 9.17) is 0 Å². The van der Waals surface area contributed by atoms with Gasteiger partial charge in [-0.05, 0) is 49.2 Å². The van der Waals surface area contributed by atoms with Crippen LogP contribution >= 0.6 is 12.4 Å². The maximum absolute atomic E-state index is 12.9. The molecule has 0 aliphatic carbocycles. The van der Waals surface area contributed by atoms with Gasteiger partial charge in [-0.1, -0.05) is 24.3 Å². The number of para-hydroxylation sites is 1. The summed E-state index contributed by atoms with van der Waals surface area (Å²) in [5.41, 5.74) is 0.820. The molecule has 4 heterocycles. The molecule has 0 unspecified atom stereocenters. The SMILES string of the molecule is Cl.O=c1c2ccccc2ncn1C1CCN(CCN(c2ccccn2)c2ccccn2)CC1. The van der Waals surface area contributed by atoms with E-state index in [1.54, 1.807) is 6.33 Å². The summed E-state index contributed by atoms with van der Waals surface area (Å²) in [6, 6.07) is 19.6. The minimum Gasteiger partial charge on any atom is -0.310 e. The Labute approximate surface area is 199 Å². The lowest BCUT2D eigenvalue weighted by Crippen LogP contribution is -2.41. The van der Waals surface area contributed by atoms with Crippen molar-refractivity contribution in [2.75, 3.05) is 31.1 Å². The van der Waals surface area contributed by atoms with Crippen LogP contribution in [0, 0.1) is 0 Å². The number of anilines is 2. The highest BCUT2D eigenvalue weighted by atomic mass is 35.5. The molecule has 0 amide bonds. The van der Waals surface area contributed by atoms with E-state index in [0.717, 1.165) is 56.2 Å². The molecule has 4 aromatic rings. The van der Waals surface area contributed by atoms with Gasteiger partial charge >= 0.3 is 0 Å². The van der Waals surface area contributed by atoms with Crippen LogP contribution in [0.1, 0.15) is 18.9 Å². The van der Waals surface area contributed by atoms with E-state index >= 15 is 0 Å². The van der Waals surface area contributed by atoms with Gasteiger partial charge in [0.25, 0.3) is 5.56 Å². The lowest BCUT2D eigenvalue weighted by Gasteiger charge is -2.34. The van der Waals surface area contributed by atoms with Gasteiger partial charge < -0.3 is 9.80 Å². The van der Waals surface area contributed by atoms with Gasteiger partial charge in [0.1, 0.15) is 11.6 Å². The summed E-state index contributed by atoms with van der Waals surface area (Å²) in [5.74, 6) is 1.80. The highest BCUT2D eigenvalue weighted by molar-refractivity contribution is 5.85. The van der Waals surface area contributed by atoms with Crippen molar-refractivity contribution in [3.8, 4) is 0 Å². The molecule has 7 nitrogen and oxygen atoms in total. The Morgan fingerprint density at radius 2 is 1.48 bits per heavy atom. The van der Waals surface area contributed by atoms with Crippen molar-refractivity contribution in [2.45, 2.75) is 18.9 Å². The standard InChI is InChI=1S/C25H26N6O.ClH/c32-25-21-7-1-2-8-22(21)28-19-31(25)20-11-15-29(16-12-20)17-18-30(23-9-3-5-13-26-23)24-10-4-6-14-27-24;/h1-10,13-14,19-20H,11-12,15-18H2;1H. The Morgan fingerprint density at radius 1 is 0.848 bits per heavy atom. The van der Waals surface area contributed by atoms with E-state index in [2.05, 4.69) is 24.8 Å². The molecule has 0 N–H and O–H groups in total. The number of rotatable bonds is 6. The van der Waals surface area contributed by atoms with E-state index < -0.39 is 0 Å². The van der Waals surface area contributed by atoms with E-state index in [0.29, 0.717) is 5.39 Å². The molecule has 0 atom stereocenters. The van der Waals surface area contributed by atoms with Gasteiger partial charge in [0.15, 0.2) is 0 Å². The fourth-order valence-electron chi connectivity index (χ4n) is 4.38. The van der Waals surface area contributed by atoms with Gasteiger partial charge in [0.05, 0.1) is 17.2 Å². The lowest BCUT2D eigenvalue weighted by atomic mass is 10.0. The normalized spacial score (nSPS) is 14.7. The predicted octanol–water partition coefficient (Wildman–Crippen LogP) is 4.08. The first-order valence-corrected chi connectivity index (χ1v) is 11.1. The second-order valence-corrected chi connectivity index (χ2v) is 8.07. The molecule has 0 saturated carbocycles. The summed E-state index contributed by atoms with van der Waals surface area (Å²) in [7, 11) is 0. The molecule has 1 saturated heterocycles. The summed E-state index contributed by atoms with van der Waals surface area (Å²) >= 11 is 0. The molecule has 0 bridgehead atoms. The zero-order chi connectivity index (χ0) is 21.8. The molecule has 3 aromatic heterocycles. The van der Waals surface area contributed by atoms with Crippen molar-refractivity contribution in [3.63, 3.8) is 0 Å². The van der Waals surface area contributed by atoms with Gasteiger partial charge in [-0.15, -0.1) is 12.4 Å². The lowest BCUT2D eigenvalue weighted by molar-refractivity contribution is 0.188. The quantitative estimate of drug-likeness (QED) is 0.430. The maximum atomic E-state index is 12.9. The third kappa shape index (κ3) is 5.05. The second kappa shape index (κ2) is 10.6. The maximum Gasteiger partial charge on any atom is 0.261 e. The van der Waals surface area contributed by atoms with Gasteiger partial charge in [-0.3, -0.25) is 9.36 Å². The van der Waals surface area contributed by atoms with Crippen LogP contribution in [-0.4, -0.2) is 50.6 Å². The van der Waals surface area contributed by atoms with Gasteiger partial charge in [-0.25, -0.2) is 15.0 Å². The first kappa shape index (κ1) is 22.9. The molecular weight excluding hydrogens is 436 g/mol. The van der Waals surface area contributed by atoms with E-state index in [1.165, 1.54) is 0 Å². The Morgan fingerprint density at radius 3 is 2.12 bits per heavy atom. The van der Waals surface area contributed by atoms with E-state index in [-0.39, 0.29) is 24.0 Å². The highest BCUT2D eigenvalue weighted by Gasteiger charge is 2.23. The molecule has 1 aliphatic rings. The Bertz CT molecular complexity index is 1190. The molecule has 5 rings (SSSR count). The number of aromatic nitrogens is 4. The van der Waals surface area contributed by atoms with Crippen LogP contribution in [-0.2, 0) is 0 Å². The number of halogens is 1. The van der Waals surface area contributed by atoms with Crippen LogP contribution in [0.15, 0.2) is 84.2 Å². The molecular formula is C25H27ClN6O. The van der Waals surface area contributed by atoms with Crippen molar-refractivity contribution in [1.29, 1.82) is 0 Å². The van der Waals surface area contributed by atoms with Crippen LogP contribution in [0.2, 0.25) is 0 Å². The van der Waals surface area contributed by atoms with Gasteiger partial charge in [-0.2, -0.15) is 0 Å². The third-order valence-electron chi connectivity index (χ3n) is 6.13. The number of hydrogen-bond donors (Lipinski definition) is 0. The summed E-state index contributed by atoms with van der Waals surface area (Å²) in [4.78, 5) is 31.1. The first-order valence-electron chi connectivity index (χ1n) is 11.1. The summed E-state index contributed by atoms with van der Waals surface area (Å²) in [6.07, 6.45) is 7.22. The summed E-state index contributed by atoms with van der Waals surface area (Å²) in [5, 5.41) is 0.693. The zero-order valence-corrected chi connectivity index (χ0v) is 19.1. The minimum absolute atomic E-state index is 0. The number of nitrogens with zero attached hydrogens (tertiary/aromatic N) is 6. The second-order valence-electron chi connectivity index (χ2n) is 8.07. The van der Waals surface area contributed by atoms with Crippen molar-refractivity contribution in [2.24, 2.45) is 0 Å². The third-order valence-corrected chi connectivity index (χ3v) is 6.13. The average molecular weight is 463 g/mol. The number of pyridine rings is 2. The van der Waals surface area contributed by atoms with E-state index in [9.17, 15) is 4.79 Å². The van der Waals surface area contributed by atoms with E-state index in [1.807, 2.05) is 77.6 Å². The molecule has 8 heteroatoms. The molecule has 33 heavy (non-hydrogen) atoms. The van der Waals surface area contributed by atoms with Crippen molar-refractivity contribution in [3.05, 3.63) is 89.7 Å². The molecule has 170 valence electrons. The molecule has 1 aromatic carbocycles. The van der Waals surface area contributed by atoms with Crippen molar-refractivity contribution < 1.29 is 0 Å². The fraction of sp³-hybridized carbons (Fsp3) is 0.280. The number of fused-ring (bicyclic) bond motifs is 1. The van der Waals surface area contributed by atoms with Crippen LogP contribution in [0.25, 0.3) is 10.9 Å². The smallest absolute Gasteiger partial charge is 0.261 e. The number of likely N-dealkylation sites (tertiary alicyclic amines) is 1. The topological polar surface area (TPSA) is 67.2 Å². The first-order chi connectivity index (χ1) is 15.8. The Kier molecular flexibility index (Phi) is 7.32. The van der Waals surface area contributed by atoms with Crippen LogP contribution in [0.3, 0.4) is 0 Å². The van der Waals surface area contributed by atoms with Crippen molar-refractivity contribution >= 4 is 34.9 Å². The predicted molar refractivity (Wildman–Crippen MR) is 133 cm³/mol. The average Bonchev–Trinajstić information content (AvgIpc) is 2.86. The number of benzene rings is 1. The fourth-order valence-corrected chi connectivity index (χ4v) is 4.38. The number of hydrogen-bond acceptors (Lipinski definition) is 6. The molecule has 1 aliphatic heterocycles. The molecule has 1 fully saturated rings. The van der Waals surface area contributed by atoms with Crippen LogP contribution < -0.4 is 10.5 Å². The van der Waals surface area contributed by atoms with Crippen molar-refractivity contribution in [1.82, 2.24) is 24.4 Å². The monoisotopic (exact) mass is 462 g/mol. The Hall–Kier alpha value is -3.29. The largest absolute Gasteiger partial charge is 0.310 e. The van der Waals surface area contributed by atoms with Crippen LogP contribution in [0.5, 0.6) is 0 Å². The summed E-state index contributed by atoms with van der Waals surface area (Å²) < 4.78 is 1.83. The Balaban J connectivity index is 0.00000259. The summed E-state index contributed by atoms with van der Waals surface area (Å²) in [6.45, 7) is 3.60. The van der Waals surface area contributed by atoms with Gasteiger partial charge in [0, 0.05) is 44.6 Å². The molecule has 0 spiro atoms. The molecule has 0 radical (unpaired) electrons. The van der Waals surface area contributed by atoms with Crippen LogP contribution in [0.4, 0.5) is 11.6 Å². The number of piperidine rings is 1. The zero-order valence-electron chi connectivity index (χ0n) is 18.3. The highest BCUT2D eigenvalue weighted by Crippen LogP contribution is 2.23. The minimum atomic E-state index is 0.